The summed E-state index contributed by atoms with van der Waals surface area (Å²) in [4.78, 5) is 3.84. The van der Waals surface area contributed by atoms with E-state index < -0.39 is 0 Å². The molecule has 4 nitrogen and oxygen atoms in total. The molecule has 0 aliphatic heterocycles. The van der Waals surface area contributed by atoms with Crippen LogP contribution in [-0.2, 0) is 4.89 Å². The topological polar surface area (TPSA) is 81.5 Å². The molecule has 0 heterocycles. The van der Waals surface area contributed by atoms with Gasteiger partial charge in [-0.1, -0.05) is 0 Å². The number of hydrogen-bond acceptors (Lipinski definition) is 4. The van der Waals surface area contributed by atoms with Crippen molar-refractivity contribution in [1.82, 2.24) is 0 Å². The molecule has 1 unspecified atom stereocenters. The van der Waals surface area contributed by atoms with E-state index in [1.54, 1.807) is 0 Å². The first-order valence-corrected chi connectivity index (χ1v) is 3.03. The molecule has 0 fully saturated rings. The molecule has 0 rings (SSSR count). The van der Waals surface area contributed by atoms with E-state index in [4.69, 9.17) is 16.7 Å². The third-order valence-electron chi connectivity index (χ3n) is 1.12. The van der Waals surface area contributed by atoms with E-state index in [1.807, 2.05) is 0 Å². The van der Waals surface area contributed by atoms with Crippen LogP contribution in [0.25, 0.3) is 0 Å². The third-order valence-corrected chi connectivity index (χ3v) is 1.12. The predicted molar refractivity (Wildman–Crippen MR) is 34.8 cm³/mol. The van der Waals surface area contributed by atoms with E-state index in [-0.39, 0.29) is 6.04 Å². The monoisotopic (exact) mass is 134 g/mol. The Kier molecular flexibility index (Phi) is 5.86. The summed E-state index contributed by atoms with van der Waals surface area (Å²) < 4.78 is 0. The largest absolute Gasteiger partial charge is 0.330 e. The first kappa shape index (κ1) is 8.84. The quantitative estimate of drug-likeness (QED) is 0.351. The predicted octanol–water partition coefficient (Wildman–Crippen LogP) is -0.458. The lowest BCUT2D eigenvalue weighted by atomic mass is 10.2. The molecule has 0 amide bonds. The minimum atomic E-state index is 0.0575. The van der Waals surface area contributed by atoms with Crippen LogP contribution in [-0.4, -0.2) is 24.5 Å². The van der Waals surface area contributed by atoms with Gasteiger partial charge in [0.15, 0.2) is 0 Å². The molecule has 0 spiro atoms. The van der Waals surface area contributed by atoms with E-state index >= 15 is 0 Å². The molecular weight excluding hydrogens is 120 g/mol. The first-order chi connectivity index (χ1) is 4.31. The first-order valence-electron chi connectivity index (χ1n) is 3.03. The van der Waals surface area contributed by atoms with Gasteiger partial charge >= 0.3 is 0 Å². The van der Waals surface area contributed by atoms with Gasteiger partial charge < -0.3 is 11.5 Å². The van der Waals surface area contributed by atoms with Crippen LogP contribution in [0.5, 0.6) is 0 Å². The van der Waals surface area contributed by atoms with Gasteiger partial charge in [-0.25, -0.2) is 4.89 Å². The van der Waals surface area contributed by atoms with Crippen molar-refractivity contribution in [3.63, 3.8) is 0 Å². The molecule has 0 aromatic carbocycles. The maximum atomic E-state index is 7.90. The van der Waals surface area contributed by atoms with Crippen LogP contribution in [0.1, 0.15) is 12.8 Å². The minimum absolute atomic E-state index is 0.0575. The average molecular weight is 134 g/mol. The zero-order valence-electron chi connectivity index (χ0n) is 5.42. The lowest BCUT2D eigenvalue weighted by Gasteiger charge is -2.06. The second-order valence-corrected chi connectivity index (χ2v) is 1.96. The zero-order chi connectivity index (χ0) is 7.11. The highest BCUT2D eigenvalue weighted by atomic mass is 17.1. The number of rotatable bonds is 5. The van der Waals surface area contributed by atoms with Crippen molar-refractivity contribution >= 4 is 0 Å². The van der Waals surface area contributed by atoms with Crippen LogP contribution in [0, 0.1) is 0 Å². The van der Waals surface area contributed by atoms with E-state index in [0.717, 1.165) is 6.42 Å². The summed E-state index contributed by atoms with van der Waals surface area (Å²) in [5, 5.41) is 7.90. The van der Waals surface area contributed by atoms with Gasteiger partial charge in [0.1, 0.15) is 0 Å². The van der Waals surface area contributed by atoms with E-state index in [9.17, 15) is 0 Å². The molecule has 4 heteroatoms. The van der Waals surface area contributed by atoms with Crippen LogP contribution < -0.4 is 11.5 Å². The van der Waals surface area contributed by atoms with Gasteiger partial charge in [-0.15, -0.1) is 0 Å². The molecule has 0 bridgehead atoms. The van der Waals surface area contributed by atoms with Crippen molar-refractivity contribution in [3.8, 4) is 0 Å². The Morgan fingerprint density at radius 2 is 2.11 bits per heavy atom. The van der Waals surface area contributed by atoms with Crippen molar-refractivity contribution < 1.29 is 10.1 Å². The normalized spacial score (nSPS) is 13.7. The van der Waals surface area contributed by atoms with Gasteiger partial charge in [0.05, 0.1) is 6.61 Å². The summed E-state index contributed by atoms with van der Waals surface area (Å²) in [5.41, 5.74) is 10.7. The summed E-state index contributed by atoms with van der Waals surface area (Å²) in [6, 6.07) is 0.0575. The second kappa shape index (κ2) is 5.97. The zero-order valence-corrected chi connectivity index (χ0v) is 5.42. The maximum Gasteiger partial charge on any atom is 0.0834 e. The standard InChI is InChI=1S/C5H14N2O2/c6-3-1-5(7)2-4-9-8/h5,8H,1-4,6-7H2. The fourth-order valence-electron chi connectivity index (χ4n) is 0.562. The molecular formula is C5H14N2O2. The lowest BCUT2D eigenvalue weighted by molar-refractivity contribution is -0.243. The van der Waals surface area contributed by atoms with Crippen molar-refractivity contribution in [3.05, 3.63) is 0 Å². The molecule has 0 aliphatic carbocycles. The molecule has 1 atom stereocenters. The Morgan fingerprint density at radius 1 is 1.44 bits per heavy atom. The number of hydrogen-bond donors (Lipinski definition) is 3. The van der Waals surface area contributed by atoms with Crippen LogP contribution in [0.2, 0.25) is 0 Å². The maximum absolute atomic E-state index is 7.90. The fraction of sp³-hybridized carbons (Fsp3) is 1.00. The molecule has 0 saturated carbocycles. The molecule has 9 heavy (non-hydrogen) atoms. The molecule has 0 aromatic heterocycles. The van der Waals surface area contributed by atoms with Crippen molar-refractivity contribution in [2.24, 2.45) is 11.5 Å². The van der Waals surface area contributed by atoms with Gasteiger partial charge in [-0.3, -0.25) is 5.26 Å². The summed E-state index contributed by atoms with van der Waals surface area (Å²) in [5.74, 6) is 0. The molecule has 0 saturated heterocycles. The summed E-state index contributed by atoms with van der Waals surface area (Å²) in [7, 11) is 0. The summed E-state index contributed by atoms with van der Waals surface area (Å²) in [6.45, 7) is 0.883. The highest BCUT2D eigenvalue weighted by Crippen LogP contribution is 1.91. The SMILES string of the molecule is NCCC(N)CCOO. The Balaban J connectivity index is 2.95. The molecule has 0 radical (unpaired) electrons. The fourth-order valence-corrected chi connectivity index (χ4v) is 0.562. The molecule has 0 aliphatic rings. The Morgan fingerprint density at radius 3 is 2.56 bits per heavy atom. The molecule has 0 aromatic rings. The van der Waals surface area contributed by atoms with Gasteiger partial charge in [0.2, 0.25) is 0 Å². The highest BCUT2D eigenvalue weighted by molar-refractivity contribution is 4.59. The second-order valence-electron chi connectivity index (χ2n) is 1.96. The average Bonchev–Trinajstić information content (AvgIpc) is 1.85. The van der Waals surface area contributed by atoms with Crippen molar-refractivity contribution in [2.45, 2.75) is 18.9 Å². The van der Waals surface area contributed by atoms with Gasteiger partial charge in [-0.2, -0.15) is 0 Å². The van der Waals surface area contributed by atoms with Crippen LogP contribution in [0.4, 0.5) is 0 Å². The smallest absolute Gasteiger partial charge is 0.0834 e. The van der Waals surface area contributed by atoms with Crippen LogP contribution >= 0.6 is 0 Å². The van der Waals surface area contributed by atoms with Crippen molar-refractivity contribution in [1.29, 1.82) is 0 Å². The van der Waals surface area contributed by atoms with E-state index in [0.29, 0.717) is 19.6 Å². The molecule has 56 valence electrons. The van der Waals surface area contributed by atoms with Crippen LogP contribution in [0.3, 0.4) is 0 Å². The molecule has 5 N–H and O–H groups in total. The Labute approximate surface area is 54.7 Å². The Hall–Kier alpha value is -0.160. The van der Waals surface area contributed by atoms with Gasteiger partial charge in [-0.05, 0) is 19.4 Å². The van der Waals surface area contributed by atoms with E-state index in [2.05, 4.69) is 4.89 Å². The van der Waals surface area contributed by atoms with Crippen molar-refractivity contribution in [2.75, 3.05) is 13.2 Å². The van der Waals surface area contributed by atoms with Gasteiger partial charge in [0.25, 0.3) is 0 Å². The summed E-state index contributed by atoms with van der Waals surface area (Å²) in [6.07, 6.45) is 1.44. The van der Waals surface area contributed by atoms with Gasteiger partial charge in [0, 0.05) is 6.04 Å². The lowest BCUT2D eigenvalue weighted by Crippen LogP contribution is -2.24. The van der Waals surface area contributed by atoms with Crippen LogP contribution in [0.15, 0.2) is 0 Å². The van der Waals surface area contributed by atoms with E-state index in [1.165, 1.54) is 0 Å². The Bertz CT molecular complexity index is 60.9. The third kappa shape index (κ3) is 5.72. The highest BCUT2D eigenvalue weighted by Gasteiger charge is 1.98. The summed E-state index contributed by atoms with van der Waals surface area (Å²) >= 11 is 0. The minimum Gasteiger partial charge on any atom is -0.330 e. The number of nitrogens with two attached hydrogens (primary N) is 2.